The third-order valence-electron chi connectivity index (χ3n) is 7.88. The van der Waals surface area contributed by atoms with Crippen LogP contribution < -0.4 is 5.73 Å². The number of aromatic nitrogens is 3. The molecule has 1 aromatic carbocycles. The largest absolute Gasteiger partial charge is 0.444 e. The second-order valence-electron chi connectivity index (χ2n) is 12.2. The Balaban J connectivity index is 1.42. The van der Waals surface area contributed by atoms with Crippen LogP contribution in [0.25, 0.3) is 11.1 Å². The van der Waals surface area contributed by atoms with Crippen LogP contribution in [0.3, 0.4) is 0 Å². The normalized spacial score (nSPS) is 20.6. The number of halogens is 1. The number of rotatable bonds is 5. The van der Waals surface area contributed by atoms with Gasteiger partial charge in [0.25, 0.3) is 0 Å². The number of piperidine rings is 1. The maximum Gasteiger partial charge on any atom is 0.410 e. The number of aryl methyl sites for hydroxylation is 1. The molecule has 3 heterocycles. The van der Waals surface area contributed by atoms with Crippen molar-refractivity contribution in [2.45, 2.75) is 77.9 Å². The minimum atomic E-state index is -0.548. The van der Waals surface area contributed by atoms with Gasteiger partial charge in [-0.1, -0.05) is 17.3 Å². The highest BCUT2D eigenvalue weighted by Crippen LogP contribution is 2.39. The summed E-state index contributed by atoms with van der Waals surface area (Å²) in [4.78, 5) is 33.8. The second-order valence-corrected chi connectivity index (χ2v) is 12.2. The topological polar surface area (TPSA) is 116 Å². The SMILES string of the molecule is Cc1nc(N)nc2c1/C(=N/OC(C)[C@H]1CCCN(C(=O)OC(C)(C)C)C1)CC(c1ccc(F)cc1-c1cccnc1)C2. The molecule has 0 saturated carbocycles. The average molecular weight is 575 g/mol. The lowest BCUT2D eigenvalue weighted by atomic mass is 9.78. The number of nitrogen functional groups attached to an aromatic ring is 1. The van der Waals surface area contributed by atoms with Crippen LogP contribution in [0.1, 0.15) is 75.4 Å². The van der Waals surface area contributed by atoms with Crippen molar-refractivity contribution in [3.05, 3.63) is 71.1 Å². The van der Waals surface area contributed by atoms with Gasteiger partial charge in [0.05, 0.1) is 17.1 Å². The number of carbonyl (C=O) groups excluding carboxylic acids is 1. The van der Waals surface area contributed by atoms with E-state index in [-0.39, 0.29) is 35.8 Å². The molecule has 222 valence electrons. The molecule has 0 spiro atoms. The summed E-state index contributed by atoms with van der Waals surface area (Å²) in [7, 11) is 0. The van der Waals surface area contributed by atoms with Gasteiger partial charge in [-0.05, 0) is 89.1 Å². The van der Waals surface area contributed by atoms with Gasteiger partial charge in [-0.2, -0.15) is 0 Å². The van der Waals surface area contributed by atoms with Crippen LogP contribution in [0.2, 0.25) is 0 Å². The summed E-state index contributed by atoms with van der Waals surface area (Å²) in [5, 5.41) is 4.69. The zero-order chi connectivity index (χ0) is 30.0. The molecule has 0 bridgehead atoms. The fourth-order valence-corrected chi connectivity index (χ4v) is 5.90. The van der Waals surface area contributed by atoms with Crippen molar-refractivity contribution < 1.29 is 18.8 Å². The minimum Gasteiger partial charge on any atom is -0.444 e. The molecule has 1 saturated heterocycles. The van der Waals surface area contributed by atoms with Gasteiger partial charge in [-0.3, -0.25) is 4.98 Å². The lowest BCUT2D eigenvalue weighted by Crippen LogP contribution is -2.45. The van der Waals surface area contributed by atoms with Crippen LogP contribution in [0.15, 0.2) is 47.9 Å². The van der Waals surface area contributed by atoms with Crippen LogP contribution in [0.5, 0.6) is 0 Å². The molecule has 2 N–H and O–H groups in total. The summed E-state index contributed by atoms with van der Waals surface area (Å²) in [6.45, 7) is 10.7. The predicted octanol–water partition coefficient (Wildman–Crippen LogP) is 6.05. The smallest absolute Gasteiger partial charge is 0.410 e. The monoisotopic (exact) mass is 574 g/mol. The molecule has 9 nitrogen and oxygen atoms in total. The van der Waals surface area contributed by atoms with Crippen molar-refractivity contribution in [1.29, 1.82) is 0 Å². The number of anilines is 1. The van der Waals surface area contributed by atoms with E-state index in [0.29, 0.717) is 25.9 Å². The maximum atomic E-state index is 14.4. The Morgan fingerprint density at radius 3 is 2.76 bits per heavy atom. The number of hydrogen-bond acceptors (Lipinski definition) is 8. The number of nitrogens with two attached hydrogens (primary N) is 1. The number of nitrogens with zero attached hydrogens (tertiary/aromatic N) is 5. The summed E-state index contributed by atoms with van der Waals surface area (Å²) in [5.41, 5.74) is 11.2. The standard InChI is InChI=1S/C32H39FN6O3/c1-19-29-27(37-30(34)36-19)14-23(25-11-10-24(33)16-26(25)21-8-6-12-35-17-21)15-28(29)38-42-20(2)22-9-7-13-39(18-22)31(40)41-32(3,4)5/h6,8,10-12,16-17,20,22-23H,7,9,13-15,18H2,1-5H3,(H2,34,36,37)/b38-28+/t20?,22-,23?/m0/s1. The molecule has 10 heteroatoms. The number of amides is 1. The first-order valence-corrected chi connectivity index (χ1v) is 14.5. The molecule has 2 aliphatic rings. The van der Waals surface area contributed by atoms with Gasteiger partial charge in [0, 0.05) is 48.9 Å². The van der Waals surface area contributed by atoms with E-state index in [4.69, 9.17) is 15.3 Å². The molecule has 2 unspecified atom stereocenters. The second kappa shape index (κ2) is 12.0. The Kier molecular flexibility index (Phi) is 8.43. The van der Waals surface area contributed by atoms with Gasteiger partial charge in [0.1, 0.15) is 17.5 Å². The fourth-order valence-electron chi connectivity index (χ4n) is 5.90. The summed E-state index contributed by atoms with van der Waals surface area (Å²) in [6.07, 6.45) is 5.85. The van der Waals surface area contributed by atoms with Gasteiger partial charge in [0.2, 0.25) is 5.95 Å². The lowest BCUT2D eigenvalue weighted by Gasteiger charge is -2.35. The van der Waals surface area contributed by atoms with Crippen molar-refractivity contribution >= 4 is 17.8 Å². The Labute approximate surface area is 246 Å². The maximum absolute atomic E-state index is 14.4. The first-order valence-electron chi connectivity index (χ1n) is 14.5. The summed E-state index contributed by atoms with van der Waals surface area (Å²) < 4.78 is 20.0. The molecule has 3 aromatic rings. The lowest BCUT2D eigenvalue weighted by molar-refractivity contribution is -0.0153. The van der Waals surface area contributed by atoms with E-state index in [1.807, 2.05) is 52.8 Å². The number of likely N-dealkylation sites (tertiary alicyclic amines) is 1. The number of pyridine rings is 1. The molecule has 3 atom stereocenters. The quantitative estimate of drug-likeness (QED) is 0.369. The van der Waals surface area contributed by atoms with Gasteiger partial charge in [0.15, 0.2) is 0 Å². The molecule has 5 rings (SSSR count). The third kappa shape index (κ3) is 6.69. The summed E-state index contributed by atoms with van der Waals surface area (Å²) >= 11 is 0. The van der Waals surface area contributed by atoms with Gasteiger partial charge in [-0.15, -0.1) is 0 Å². The van der Waals surface area contributed by atoms with Crippen LogP contribution in [0.4, 0.5) is 15.1 Å². The van der Waals surface area contributed by atoms with Gasteiger partial charge < -0.3 is 20.2 Å². The summed E-state index contributed by atoms with van der Waals surface area (Å²) in [6, 6.07) is 8.64. The van der Waals surface area contributed by atoms with Crippen LogP contribution in [0, 0.1) is 18.7 Å². The predicted molar refractivity (Wildman–Crippen MR) is 159 cm³/mol. The van der Waals surface area contributed by atoms with E-state index in [1.54, 1.807) is 23.4 Å². The molecule has 1 fully saturated rings. The van der Waals surface area contributed by atoms with E-state index in [2.05, 4.69) is 20.1 Å². The molecular weight excluding hydrogens is 535 g/mol. The number of ether oxygens (including phenoxy) is 1. The molecule has 42 heavy (non-hydrogen) atoms. The first kappa shape index (κ1) is 29.4. The van der Waals surface area contributed by atoms with Gasteiger partial charge >= 0.3 is 6.09 Å². The average Bonchev–Trinajstić information content (AvgIpc) is 2.95. The first-order chi connectivity index (χ1) is 20.0. The number of oxime groups is 1. The summed E-state index contributed by atoms with van der Waals surface area (Å²) in [5.74, 6) is -0.0451. The van der Waals surface area contributed by atoms with E-state index >= 15 is 0 Å². The molecular formula is C32H39FN6O3. The molecule has 0 radical (unpaired) electrons. The minimum absolute atomic E-state index is 0.0444. The Bertz CT molecular complexity index is 1470. The van der Waals surface area contributed by atoms with Crippen molar-refractivity contribution in [1.82, 2.24) is 19.9 Å². The highest BCUT2D eigenvalue weighted by Gasteiger charge is 2.33. The van der Waals surface area contributed by atoms with Crippen molar-refractivity contribution in [2.75, 3.05) is 18.8 Å². The third-order valence-corrected chi connectivity index (χ3v) is 7.88. The molecule has 1 amide bonds. The Morgan fingerprint density at radius 1 is 1.21 bits per heavy atom. The zero-order valence-electron chi connectivity index (χ0n) is 24.9. The Hall–Kier alpha value is -4.08. The van der Waals surface area contributed by atoms with Crippen molar-refractivity contribution in [3.63, 3.8) is 0 Å². The van der Waals surface area contributed by atoms with E-state index in [0.717, 1.165) is 52.2 Å². The van der Waals surface area contributed by atoms with Crippen molar-refractivity contribution in [3.8, 4) is 11.1 Å². The molecule has 2 aromatic heterocycles. The molecule has 1 aliphatic carbocycles. The van der Waals surface area contributed by atoms with E-state index in [1.165, 1.54) is 6.07 Å². The highest BCUT2D eigenvalue weighted by atomic mass is 19.1. The van der Waals surface area contributed by atoms with Crippen LogP contribution in [-0.2, 0) is 16.0 Å². The Morgan fingerprint density at radius 2 is 2.02 bits per heavy atom. The van der Waals surface area contributed by atoms with E-state index < -0.39 is 5.60 Å². The molecule has 1 aliphatic heterocycles. The number of benzene rings is 1. The van der Waals surface area contributed by atoms with Gasteiger partial charge in [-0.25, -0.2) is 19.2 Å². The fraction of sp³-hybridized carbons (Fsp3) is 0.469. The number of fused-ring (bicyclic) bond motifs is 1. The highest BCUT2D eigenvalue weighted by molar-refractivity contribution is 6.03. The van der Waals surface area contributed by atoms with E-state index in [9.17, 15) is 9.18 Å². The van der Waals surface area contributed by atoms with Crippen LogP contribution in [-0.4, -0.2) is 56.5 Å². The number of hydrogen-bond donors (Lipinski definition) is 1. The van der Waals surface area contributed by atoms with Crippen LogP contribution >= 0.6 is 0 Å². The number of carbonyl (C=O) groups is 1. The zero-order valence-corrected chi connectivity index (χ0v) is 24.9. The van der Waals surface area contributed by atoms with Crippen molar-refractivity contribution in [2.24, 2.45) is 11.1 Å².